The summed E-state index contributed by atoms with van der Waals surface area (Å²) in [5, 5.41) is 14.2. The summed E-state index contributed by atoms with van der Waals surface area (Å²) >= 11 is 5.90. The standard InChI is InChI=1S/C16H23ClN2O2/c1-16(2,12-5-7-13(17)8-6-12)18-10-14(20)11-19-9-3-4-15(19)21/h5-8,14,18,20H,3-4,9-11H2,1-2H3. The molecule has 5 heteroatoms. The molecule has 0 radical (unpaired) electrons. The molecule has 1 aromatic carbocycles. The molecule has 4 nitrogen and oxygen atoms in total. The van der Waals surface area contributed by atoms with Crippen LogP contribution < -0.4 is 5.32 Å². The minimum Gasteiger partial charge on any atom is -0.390 e. The first-order valence-electron chi connectivity index (χ1n) is 7.35. The molecule has 1 heterocycles. The third-order valence-corrected chi connectivity index (χ3v) is 4.20. The molecular formula is C16H23ClN2O2. The highest BCUT2D eigenvalue weighted by Gasteiger charge is 2.25. The molecule has 0 aromatic heterocycles. The average molecular weight is 311 g/mol. The number of rotatable bonds is 6. The van der Waals surface area contributed by atoms with Crippen LogP contribution >= 0.6 is 11.6 Å². The summed E-state index contributed by atoms with van der Waals surface area (Å²) < 4.78 is 0. The Kier molecular flexibility index (Phi) is 5.25. The first-order valence-corrected chi connectivity index (χ1v) is 7.73. The van der Waals surface area contributed by atoms with Gasteiger partial charge >= 0.3 is 0 Å². The van der Waals surface area contributed by atoms with Crippen molar-refractivity contribution in [3.05, 3.63) is 34.9 Å². The van der Waals surface area contributed by atoms with Gasteiger partial charge in [0.05, 0.1) is 6.10 Å². The Labute approximate surface area is 131 Å². The Morgan fingerprint density at radius 2 is 2.05 bits per heavy atom. The fourth-order valence-corrected chi connectivity index (χ4v) is 2.68. The van der Waals surface area contributed by atoms with E-state index in [-0.39, 0.29) is 11.4 Å². The Morgan fingerprint density at radius 1 is 1.38 bits per heavy atom. The van der Waals surface area contributed by atoms with Gasteiger partial charge in [-0.3, -0.25) is 4.79 Å². The molecular weight excluding hydrogens is 288 g/mol. The number of aliphatic hydroxyl groups excluding tert-OH is 1. The van der Waals surface area contributed by atoms with Crippen molar-refractivity contribution >= 4 is 17.5 Å². The Morgan fingerprint density at radius 3 is 2.62 bits per heavy atom. The molecule has 1 atom stereocenters. The van der Waals surface area contributed by atoms with Gasteiger partial charge in [-0.15, -0.1) is 0 Å². The molecule has 1 aliphatic heterocycles. The zero-order valence-corrected chi connectivity index (χ0v) is 13.4. The third-order valence-electron chi connectivity index (χ3n) is 3.95. The number of hydrogen-bond donors (Lipinski definition) is 2. The molecule has 1 fully saturated rings. The zero-order valence-electron chi connectivity index (χ0n) is 12.6. The molecule has 1 saturated heterocycles. The summed E-state index contributed by atoms with van der Waals surface area (Å²) in [5.74, 6) is 0.144. The highest BCUT2D eigenvalue weighted by atomic mass is 35.5. The molecule has 0 spiro atoms. The second kappa shape index (κ2) is 6.77. The van der Waals surface area contributed by atoms with Gasteiger partial charge in [0.15, 0.2) is 0 Å². The van der Waals surface area contributed by atoms with Gasteiger partial charge in [-0.05, 0) is 38.0 Å². The van der Waals surface area contributed by atoms with Crippen LogP contribution in [0.5, 0.6) is 0 Å². The summed E-state index contributed by atoms with van der Waals surface area (Å²) in [4.78, 5) is 13.3. The van der Waals surface area contributed by atoms with Crippen molar-refractivity contribution in [1.82, 2.24) is 10.2 Å². The second-order valence-corrected chi connectivity index (χ2v) is 6.55. The number of nitrogens with zero attached hydrogens (tertiary/aromatic N) is 1. The summed E-state index contributed by atoms with van der Waals surface area (Å²) in [5.41, 5.74) is 0.844. The molecule has 116 valence electrons. The number of likely N-dealkylation sites (tertiary alicyclic amines) is 1. The molecule has 1 aliphatic rings. The van der Waals surface area contributed by atoms with E-state index in [9.17, 15) is 9.90 Å². The van der Waals surface area contributed by atoms with Crippen LogP contribution in [0.1, 0.15) is 32.3 Å². The summed E-state index contributed by atoms with van der Waals surface area (Å²) in [7, 11) is 0. The minimum atomic E-state index is -0.557. The smallest absolute Gasteiger partial charge is 0.222 e. The number of benzene rings is 1. The fourth-order valence-electron chi connectivity index (χ4n) is 2.56. The third kappa shape index (κ3) is 4.43. The Bertz CT molecular complexity index is 488. The van der Waals surface area contributed by atoms with Crippen LogP contribution in [-0.2, 0) is 10.3 Å². The monoisotopic (exact) mass is 310 g/mol. The van der Waals surface area contributed by atoms with Gasteiger partial charge in [0.2, 0.25) is 5.91 Å². The van der Waals surface area contributed by atoms with Crippen molar-refractivity contribution in [2.45, 2.75) is 38.3 Å². The van der Waals surface area contributed by atoms with Gasteiger partial charge in [0.25, 0.3) is 0 Å². The number of carbonyl (C=O) groups excluding carboxylic acids is 1. The highest BCUT2D eigenvalue weighted by molar-refractivity contribution is 6.30. The van der Waals surface area contributed by atoms with E-state index < -0.39 is 6.10 Å². The van der Waals surface area contributed by atoms with E-state index in [4.69, 9.17) is 11.6 Å². The van der Waals surface area contributed by atoms with Crippen LogP contribution in [0.2, 0.25) is 5.02 Å². The van der Waals surface area contributed by atoms with Gasteiger partial charge in [-0.1, -0.05) is 23.7 Å². The number of aliphatic hydroxyl groups is 1. The molecule has 1 amide bonds. The first-order chi connectivity index (χ1) is 9.88. The number of hydrogen-bond acceptors (Lipinski definition) is 3. The van der Waals surface area contributed by atoms with Crippen LogP contribution in [0, 0.1) is 0 Å². The zero-order chi connectivity index (χ0) is 15.5. The van der Waals surface area contributed by atoms with E-state index >= 15 is 0 Å². The minimum absolute atomic E-state index is 0.144. The van der Waals surface area contributed by atoms with Crippen LogP contribution in [0.15, 0.2) is 24.3 Å². The number of halogens is 1. The normalized spacial score (nSPS) is 17.3. The van der Waals surface area contributed by atoms with E-state index in [1.54, 1.807) is 4.90 Å². The average Bonchev–Trinajstić information content (AvgIpc) is 2.83. The maximum absolute atomic E-state index is 11.5. The van der Waals surface area contributed by atoms with E-state index in [0.29, 0.717) is 24.5 Å². The maximum atomic E-state index is 11.5. The van der Waals surface area contributed by atoms with Gasteiger partial charge in [0.1, 0.15) is 0 Å². The highest BCUT2D eigenvalue weighted by Crippen LogP contribution is 2.22. The molecule has 0 bridgehead atoms. The predicted molar refractivity (Wildman–Crippen MR) is 84.3 cm³/mol. The summed E-state index contributed by atoms with van der Waals surface area (Å²) in [6, 6.07) is 7.68. The number of β-amino-alcohol motifs (C(OH)–C–C–N with tert-alkyl or cyclic N) is 1. The maximum Gasteiger partial charge on any atom is 0.222 e. The Balaban J connectivity index is 1.85. The van der Waals surface area contributed by atoms with Crippen molar-refractivity contribution in [3.63, 3.8) is 0 Å². The van der Waals surface area contributed by atoms with Crippen LogP contribution in [0.4, 0.5) is 0 Å². The van der Waals surface area contributed by atoms with Gasteiger partial charge < -0.3 is 15.3 Å². The van der Waals surface area contributed by atoms with Crippen molar-refractivity contribution < 1.29 is 9.90 Å². The molecule has 0 saturated carbocycles. The second-order valence-electron chi connectivity index (χ2n) is 6.11. The molecule has 21 heavy (non-hydrogen) atoms. The molecule has 2 N–H and O–H groups in total. The van der Waals surface area contributed by atoms with Gasteiger partial charge in [-0.25, -0.2) is 0 Å². The lowest BCUT2D eigenvalue weighted by Gasteiger charge is -2.29. The van der Waals surface area contributed by atoms with Crippen molar-refractivity contribution in [3.8, 4) is 0 Å². The lowest BCUT2D eigenvalue weighted by molar-refractivity contribution is -0.128. The largest absolute Gasteiger partial charge is 0.390 e. The van der Waals surface area contributed by atoms with Crippen molar-refractivity contribution in [1.29, 1.82) is 0 Å². The number of carbonyl (C=O) groups is 1. The van der Waals surface area contributed by atoms with Gasteiger partial charge in [-0.2, -0.15) is 0 Å². The van der Waals surface area contributed by atoms with Crippen LogP contribution in [-0.4, -0.2) is 41.7 Å². The van der Waals surface area contributed by atoms with E-state index in [1.165, 1.54) is 0 Å². The number of nitrogens with one attached hydrogen (secondary N) is 1. The topological polar surface area (TPSA) is 52.6 Å². The van der Waals surface area contributed by atoms with Crippen LogP contribution in [0.25, 0.3) is 0 Å². The molecule has 0 aliphatic carbocycles. The van der Waals surface area contributed by atoms with E-state index in [2.05, 4.69) is 19.2 Å². The lowest BCUT2D eigenvalue weighted by atomic mass is 9.94. The van der Waals surface area contributed by atoms with E-state index in [1.807, 2.05) is 24.3 Å². The summed E-state index contributed by atoms with van der Waals surface area (Å²) in [6.07, 6.45) is 0.949. The molecule has 1 aromatic rings. The SMILES string of the molecule is CC(C)(NCC(O)CN1CCCC1=O)c1ccc(Cl)cc1. The fraction of sp³-hybridized carbons (Fsp3) is 0.562. The quantitative estimate of drug-likeness (QED) is 0.846. The van der Waals surface area contributed by atoms with E-state index in [0.717, 1.165) is 18.5 Å². The molecule has 1 unspecified atom stereocenters. The van der Waals surface area contributed by atoms with Crippen molar-refractivity contribution in [2.75, 3.05) is 19.6 Å². The molecule has 2 rings (SSSR count). The first kappa shape index (κ1) is 16.3. The van der Waals surface area contributed by atoms with Crippen LogP contribution in [0.3, 0.4) is 0 Å². The van der Waals surface area contributed by atoms with Crippen molar-refractivity contribution in [2.24, 2.45) is 0 Å². The summed E-state index contributed by atoms with van der Waals surface area (Å²) in [6.45, 7) is 5.73. The number of amides is 1. The lowest BCUT2D eigenvalue weighted by Crippen LogP contribution is -2.45. The predicted octanol–water partition coefficient (Wildman–Crippen LogP) is 2.15. The Hall–Kier alpha value is -1.10. The van der Waals surface area contributed by atoms with Gasteiger partial charge in [0, 0.05) is 36.6 Å².